The lowest BCUT2D eigenvalue weighted by Gasteiger charge is -2.20. The van der Waals surface area contributed by atoms with Crippen LogP contribution in [0.25, 0.3) is 0 Å². The third-order valence-electron chi connectivity index (χ3n) is 3.74. The maximum Gasteiger partial charge on any atom is 0.243 e. The first-order valence-corrected chi connectivity index (χ1v) is 8.61. The molecule has 1 aromatic carbocycles. The number of hydrogen-bond acceptors (Lipinski definition) is 5. The normalized spacial score (nSPS) is 14.7. The van der Waals surface area contributed by atoms with Gasteiger partial charge in [-0.2, -0.15) is 4.31 Å². The predicted molar refractivity (Wildman–Crippen MR) is 83.3 cm³/mol. The maximum atomic E-state index is 12.7. The Labute approximate surface area is 134 Å². The van der Waals surface area contributed by atoms with Gasteiger partial charge in [0.2, 0.25) is 15.9 Å². The summed E-state index contributed by atoms with van der Waals surface area (Å²) in [4.78, 5) is 11.6. The highest BCUT2D eigenvalue weighted by Gasteiger charge is 2.24. The Hall–Kier alpha value is -2.19. The quantitative estimate of drug-likeness (QED) is 0.918. The summed E-state index contributed by atoms with van der Waals surface area (Å²) in [6.45, 7) is 1.89. The molecule has 0 bridgehead atoms. The predicted octanol–water partition coefficient (Wildman–Crippen LogP) is 1.69. The van der Waals surface area contributed by atoms with Gasteiger partial charge in [-0.3, -0.25) is 4.79 Å². The standard InChI is InChI=1S/C15H17N3O4S/c1-10-7-12(17-22-10)9-18(2)23(20,21)13-4-5-14-11(8-13)3-6-15(19)16-14/h4-5,7-8H,3,6,9H2,1-2H3,(H,16,19). The molecule has 0 spiro atoms. The first kappa shape index (κ1) is 15.7. The van der Waals surface area contributed by atoms with Crippen molar-refractivity contribution >= 4 is 21.6 Å². The van der Waals surface area contributed by atoms with Gasteiger partial charge in [-0.05, 0) is 37.1 Å². The van der Waals surface area contributed by atoms with Crippen molar-refractivity contribution in [1.29, 1.82) is 0 Å². The first-order chi connectivity index (χ1) is 10.9. The SMILES string of the molecule is Cc1cc(CN(C)S(=O)(=O)c2ccc3c(c2)CCC(=O)N3)no1. The van der Waals surface area contributed by atoms with E-state index in [1.807, 2.05) is 0 Å². The van der Waals surface area contributed by atoms with Crippen LogP contribution in [-0.2, 0) is 27.8 Å². The van der Waals surface area contributed by atoms with Gasteiger partial charge in [0.05, 0.1) is 17.1 Å². The average Bonchev–Trinajstić information content (AvgIpc) is 2.91. The van der Waals surface area contributed by atoms with E-state index < -0.39 is 10.0 Å². The largest absolute Gasteiger partial charge is 0.361 e. The molecule has 0 atom stereocenters. The highest BCUT2D eigenvalue weighted by atomic mass is 32.2. The van der Waals surface area contributed by atoms with Crippen molar-refractivity contribution in [3.05, 3.63) is 41.3 Å². The summed E-state index contributed by atoms with van der Waals surface area (Å²) < 4.78 is 31.5. The van der Waals surface area contributed by atoms with E-state index in [0.717, 1.165) is 5.56 Å². The number of carbonyl (C=O) groups excluding carboxylic acids is 1. The number of fused-ring (bicyclic) bond motifs is 1. The van der Waals surface area contributed by atoms with Crippen LogP contribution in [0.3, 0.4) is 0 Å². The van der Waals surface area contributed by atoms with E-state index in [2.05, 4.69) is 10.5 Å². The summed E-state index contributed by atoms with van der Waals surface area (Å²) in [5.74, 6) is 0.585. The molecule has 1 aliphatic rings. The van der Waals surface area contributed by atoms with Crippen molar-refractivity contribution in [1.82, 2.24) is 9.46 Å². The Balaban J connectivity index is 1.85. The third kappa shape index (κ3) is 3.13. The molecule has 7 nitrogen and oxygen atoms in total. The molecule has 1 aromatic heterocycles. The Kier molecular flexibility index (Phi) is 3.95. The van der Waals surface area contributed by atoms with Crippen molar-refractivity contribution in [2.45, 2.75) is 31.2 Å². The number of anilines is 1. The molecule has 1 amide bonds. The van der Waals surface area contributed by atoms with E-state index in [-0.39, 0.29) is 17.3 Å². The molecule has 0 unspecified atom stereocenters. The van der Waals surface area contributed by atoms with Gasteiger partial charge in [-0.25, -0.2) is 8.42 Å². The number of nitrogens with one attached hydrogen (secondary N) is 1. The third-order valence-corrected chi connectivity index (χ3v) is 5.54. The van der Waals surface area contributed by atoms with Crippen LogP contribution in [0.4, 0.5) is 5.69 Å². The van der Waals surface area contributed by atoms with Crippen molar-refractivity contribution in [2.75, 3.05) is 12.4 Å². The van der Waals surface area contributed by atoms with Crippen LogP contribution < -0.4 is 5.32 Å². The zero-order valence-electron chi connectivity index (χ0n) is 12.9. The molecular formula is C15H17N3O4S. The summed E-state index contributed by atoms with van der Waals surface area (Å²) in [5.41, 5.74) is 2.06. The summed E-state index contributed by atoms with van der Waals surface area (Å²) in [5, 5.41) is 6.55. The van der Waals surface area contributed by atoms with Crippen LogP contribution in [0, 0.1) is 6.92 Å². The van der Waals surface area contributed by atoms with Crippen molar-refractivity contribution in [3.63, 3.8) is 0 Å². The summed E-state index contributed by atoms with van der Waals surface area (Å²) >= 11 is 0. The zero-order valence-corrected chi connectivity index (χ0v) is 13.7. The fourth-order valence-electron chi connectivity index (χ4n) is 2.51. The monoisotopic (exact) mass is 335 g/mol. The molecule has 2 aromatic rings. The van der Waals surface area contributed by atoms with Crippen LogP contribution >= 0.6 is 0 Å². The lowest BCUT2D eigenvalue weighted by Crippen LogP contribution is -2.27. The van der Waals surface area contributed by atoms with Crippen LogP contribution in [0.5, 0.6) is 0 Å². The van der Waals surface area contributed by atoms with E-state index in [1.165, 1.54) is 17.4 Å². The topological polar surface area (TPSA) is 92.5 Å². The number of rotatable bonds is 4. The number of hydrogen-bond donors (Lipinski definition) is 1. The van der Waals surface area contributed by atoms with Crippen molar-refractivity contribution in [2.24, 2.45) is 0 Å². The second-order valence-corrected chi connectivity index (χ2v) is 7.60. The molecule has 0 aliphatic carbocycles. The van der Waals surface area contributed by atoms with Gasteiger partial charge in [0.25, 0.3) is 0 Å². The molecular weight excluding hydrogens is 318 g/mol. The molecule has 3 rings (SSSR count). The summed E-state index contributed by atoms with van der Waals surface area (Å²) in [6.07, 6.45) is 0.904. The highest BCUT2D eigenvalue weighted by molar-refractivity contribution is 7.89. The van der Waals surface area contributed by atoms with Gasteiger partial charge in [0.15, 0.2) is 0 Å². The van der Waals surface area contributed by atoms with Gasteiger partial charge < -0.3 is 9.84 Å². The Morgan fingerprint density at radius 3 is 2.78 bits per heavy atom. The second kappa shape index (κ2) is 5.78. The molecule has 0 saturated carbocycles. The smallest absolute Gasteiger partial charge is 0.243 e. The second-order valence-electron chi connectivity index (χ2n) is 5.56. The fraction of sp³-hybridized carbons (Fsp3) is 0.333. The van der Waals surface area contributed by atoms with Crippen LogP contribution in [0.1, 0.15) is 23.4 Å². The number of sulfonamides is 1. The minimum Gasteiger partial charge on any atom is -0.361 e. The highest BCUT2D eigenvalue weighted by Crippen LogP contribution is 2.27. The first-order valence-electron chi connectivity index (χ1n) is 7.17. The Bertz CT molecular complexity index is 857. The number of nitrogens with zero attached hydrogens (tertiary/aromatic N) is 2. The fourth-order valence-corrected chi connectivity index (χ4v) is 3.70. The Morgan fingerprint density at radius 1 is 1.30 bits per heavy atom. The van der Waals surface area contributed by atoms with Crippen LogP contribution in [-0.4, -0.2) is 30.8 Å². The molecule has 122 valence electrons. The summed E-state index contributed by atoms with van der Waals surface area (Å²) in [6, 6.07) is 6.46. The number of benzene rings is 1. The number of aryl methyl sites for hydroxylation is 2. The minimum atomic E-state index is -3.64. The van der Waals surface area contributed by atoms with E-state index in [4.69, 9.17) is 4.52 Å². The molecule has 1 N–H and O–H groups in total. The van der Waals surface area contributed by atoms with Gasteiger partial charge in [-0.1, -0.05) is 5.16 Å². The number of amides is 1. The van der Waals surface area contributed by atoms with Gasteiger partial charge in [-0.15, -0.1) is 0 Å². The minimum absolute atomic E-state index is 0.0494. The molecule has 23 heavy (non-hydrogen) atoms. The van der Waals surface area contributed by atoms with Gasteiger partial charge >= 0.3 is 0 Å². The van der Waals surface area contributed by atoms with Gasteiger partial charge in [0.1, 0.15) is 5.76 Å². The zero-order chi connectivity index (χ0) is 16.6. The van der Waals surface area contributed by atoms with Crippen molar-refractivity contribution in [3.8, 4) is 0 Å². The Morgan fingerprint density at radius 2 is 2.09 bits per heavy atom. The molecule has 0 fully saturated rings. The molecule has 2 heterocycles. The van der Waals surface area contributed by atoms with Crippen LogP contribution in [0.2, 0.25) is 0 Å². The molecule has 0 radical (unpaired) electrons. The lowest BCUT2D eigenvalue weighted by molar-refractivity contribution is -0.116. The van der Waals surface area contributed by atoms with Crippen LogP contribution in [0.15, 0.2) is 33.7 Å². The van der Waals surface area contributed by atoms with E-state index >= 15 is 0 Å². The number of aromatic nitrogens is 1. The molecule has 1 aliphatic heterocycles. The van der Waals surface area contributed by atoms with E-state index in [1.54, 1.807) is 25.1 Å². The molecule has 8 heteroatoms. The van der Waals surface area contributed by atoms with E-state index in [9.17, 15) is 13.2 Å². The van der Waals surface area contributed by atoms with Crippen molar-refractivity contribution < 1.29 is 17.7 Å². The average molecular weight is 335 g/mol. The van der Waals surface area contributed by atoms with Gasteiger partial charge in [0, 0.05) is 25.2 Å². The van der Waals surface area contributed by atoms with E-state index in [0.29, 0.717) is 30.0 Å². The lowest BCUT2D eigenvalue weighted by atomic mass is 10.0. The molecule has 0 saturated heterocycles. The number of carbonyl (C=O) groups is 1. The maximum absolute atomic E-state index is 12.7. The summed E-state index contributed by atoms with van der Waals surface area (Å²) in [7, 11) is -2.14.